The van der Waals surface area contributed by atoms with Crippen molar-refractivity contribution in [3.8, 4) is 11.5 Å². The first kappa shape index (κ1) is 18.5. The SMILES string of the molecule is CN1CCN(c2ccc(NC3=N/C(=C\c4ccc5c(c4)OCO5)C(=O)N3)cc2)CC1. The smallest absolute Gasteiger partial charge is 0.276 e. The maximum absolute atomic E-state index is 12.3. The van der Waals surface area contributed by atoms with Crippen molar-refractivity contribution >= 4 is 29.3 Å². The predicted molar refractivity (Wildman–Crippen MR) is 116 cm³/mol. The number of anilines is 2. The molecule has 3 heterocycles. The van der Waals surface area contributed by atoms with Crippen molar-refractivity contribution in [2.24, 2.45) is 4.99 Å². The summed E-state index contributed by atoms with van der Waals surface area (Å²) in [6.45, 7) is 4.42. The lowest BCUT2D eigenvalue weighted by Crippen LogP contribution is -2.44. The molecule has 0 atom stereocenters. The van der Waals surface area contributed by atoms with Gasteiger partial charge in [0, 0.05) is 37.6 Å². The van der Waals surface area contributed by atoms with E-state index in [9.17, 15) is 4.79 Å². The van der Waals surface area contributed by atoms with Crippen LogP contribution in [0, 0.1) is 0 Å². The number of amides is 1. The second-order valence-electron chi connectivity index (χ2n) is 7.52. The lowest BCUT2D eigenvalue weighted by atomic mass is 10.1. The summed E-state index contributed by atoms with van der Waals surface area (Å²) >= 11 is 0. The van der Waals surface area contributed by atoms with Crippen molar-refractivity contribution in [3.05, 3.63) is 53.7 Å². The molecule has 0 saturated carbocycles. The lowest BCUT2D eigenvalue weighted by molar-refractivity contribution is -0.115. The number of carbonyl (C=O) groups excluding carboxylic acids is 1. The molecule has 2 aromatic carbocycles. The summed E-state index contributed by atoms with van der Waals surface area (Å²) in [7, 11) is 2.15. The maximum Gasteiger partial charge on any atom is 0.276 e. The minimum absolute atomic E-state index is 0.218. The largest absolute Gasteiger partial charge is 0.454 e. The van der Waals surface area contributed by atoms with Crippen LogP contribution >= 0.6 is 0 Å². The molecule has 30 heavy (non-hydrogen) atoms. The van der Waals surface area contributed by atoms with Gasteiger partial charge in [0.2, 0.25) is 12.8 Å². The summed E-state index contributed by atoms with van der Waals surface area (Å²) in [4.78, 5) is 21.4. The number of nitrogens with zero attached hydrogens (tertiary/aromatic N) is 3. The van der Waals surface area contributed by atoms with Gasteiger partial charge in [-0.2, -0.15) is 0 Å². The van der Waals surface area contributed by atoms with Crippen molar-refractivity contribution < 1.29 is 14.3 Å². The van der Waals surface area contributed by atoms with Crippen LogP contribution in [0.25, 0.3) is 6.08 Å². The van der Waals surface area contributed by atoms with Gasteiger partial charge in [-0.05, 0) is 55.1 Å². The fourth-order valence-electron chi connectivity index (χ4n) is 3.65. The quantitative estimate of drug-likeness (QED) is 0.762. The van der Waals surface area contributed by atoms with E-state index in [1.165, 1.54) is 5.69 Å². The fraction of sp³-hybridized carbons (Fsp3) is 0.273. The van der Waals surface area contributed by atoms with E-state index in [4.69, 9.17) is 9.47 Å². The number of benzene rings is 2. The Morgan fingerprint density at radius 2 is 1.80 bits per heavy atom. The third-order valence-corrected chi connectivity index (χ3v) is 5.40. The number of piperazine rings is 1. The summed E-state index contributed by atoms with van der Waals surface area (Å²) in [6.07, 6.45) is 1.72. The number of rotatable bonds is 3. The Balaban J connectivity index is 1.27. The highest BCUT2D eigenvalue weighted by molar-refractivity contribution is 6.17. The topological polar surface area (TPSA) is 78.4 Å². The van der Waals surface area contributed by atoms with Gasteiger partial charge in [-0.1, -0.05) is 6.07 Å². The van der Waals surface area contributed by atoms with Crippen molar-refractivity contribution in [1.82, 2.24) is 10.2 Å². The Morgan fingerprint density at radius 3 is 2.60 bits per heavy atom. The average molecular weight is 405 g/mol. The highest BCUT2D eigenvalue weighted by Crippen LogP contribution is 2.33. The lowest BCUT2D eigenvalue weighted by Gasteiger charge is -2.34. The highest BCUT2D eigenvalue weighted by Gasteiger charge is 2.21. The first-order chi connectivity index (χ1) is 14.6. The van der Waals surface area contributed by atoms with E-state index >= 15 is 0 Å². The normalized spacial score (nSPS) is 19.8. The molecule has 2 N–H and O–H groups in total. The third kappa shape index (κ3) is 3.81. The van der Waals surface area contributed by atoms with Gasteiger partial charge < -0.3 is 24.6 Å². The van der Waals surface area contributed by atoms with Crippen LogP contribution in [-0.4, -0.2) is 56.8 Å². The van der Waals surface area contributed by atoms with E-state index in [1.54, 1.807) is 6.08 Å². The minimum Gasteiger partial charge on any atom is -0.454 e. The Bertz CT molecular complexity index is 1020. The summed E-state index contributed by atoms with van der Waals surface area (Å²) in [5.41, 5.74) is 3.24. The average Bonchev–Trinajstić information content (AvgIpc) is 3.35. The van der Waals surface area contributed by atoms with Crippen LogP contribution in [0.15, 0.2) is 53.2 Å². The molecule has 2 aromatic rings. The molecule has 0 bridgehead atoms. The number of nitrogens with one attached hydrogen (secondary N) is 2. The van der Waals surface area contributed by atoms with Gasteiger partial charge >= 0.3 is 0 Å². The number of aliphatic imine (C=N–C) groups is 1. The Kier molecular flexibility index (Phi) is 4.76. The van der Waals surface area contributed by atoms with E-state index in [-0.39, 0.29) is 12.7 Å². The number of hydrogen-bond acceptors (Lipinski definition) is 7. The number of guanidine groups is 1. The van der Waals surface area contributed by atoms with Crippen LogP contribution in [0.4, 0.5) is 11.4 Å². The molecule has 1 fully saturated rings. The molecule has 1 saturated heterocycles. The van der Waals surface area contributed by atoms with Gasteiger partial charge in [0.05, 0.1) is 0 Å². The van der Waals surface area contributed by atoms with E-state index < -0.39 is 0 Å². The summed E-state index contributed by atoms with van der Waals surface area (Å²) in [5, 5.41) is 5.94. The molecule has 0 radical (unpaired) electrons. The third-order valence-electron chi connectivity index (χ3n) is 5.40. The van der Waals surface area contributed by atoms with Crippen molar-refractivity contribution in [2.45, 2.75) is 0 Å². The second kappa shape index (κ2) is 7.72. The second-order valence-corrected chi connectivity index (χ2v) is 7.52. The number of fused-ring (bicyclic) bond motifs is 1. The summed E-state index contributed by atoms with van der Waals surface area (Å²) < 4.78 is 10.7. The molecule has 0 unspecified atom stereocenters. The molecular weight excluding hydrogens is 382 g/mol. The zero-order valence-electron chi connectivity index (χ0n) is 16.7. The van der Waals surface area contributed by atoms with E-state index in [1.807, 2.05) is 30.3 Å². The fourth-order valence-corrected chi connectivity index (χ4v) is 3.65. The number of likely N-dealkylation sites (N-methyl/N-ethyl adjacent to an activating group) is 1. The van der Waals surface area contributed by atoms with Crippen LogP contribution < -0.4 is 25.0 Å². The van der Waals surface area contributed by atoms with E-state index in [0.717, 1.165) is 37.4 Å². The molecule has 154 valence electrons. The maximum atomic E-state index is 12.3. The standard InChI is InChI=1S/C22H23N5O3/c1-26-8-10-27(11-9-26)17-5-3-16(4-6-17)23-22-24-18(21(28)25-22)12-15-2-7-19-20(13-15)30-14-29-19/h2-7,12-13H,8-11,14H2,1H3,(H2,23,24,25,28)/b18-12-. The van der Waals surface area contributed by atoms with E-state index in [2.05, 4.69) is 44.6 Å². The van der Waals surface area contributed by atoms with Crippen molar-refractivity contribution in [1.29, 1.82) is 0 Å². The molecule has 0 spiro atoms. The molecule has 8 nitrogen and oxygen atoms in total. The molecule has 1 amide bonds. The van der Waals surface area contributed by atoms with Gasteiger partial charge in [-0.25, -0.2) is 4.99 Å². The molecule has 3 aliphatic heterocycles. The van der Waals surface area contributed by atoms with Crippen LogP contribution in [0.2, 0.25) is 0 Å². The Morgan fingerprint density at radius 1 is 1.03 bits per heavy atom. The summed E-state index contributed by atoms with van der Waals surface area (Å²) in [6, 6.07) is 13.7. The van der Waals surface area contributed by atoms with E-state index in [0.29, 0.717) is 23.2 Å². The van der Waals surface area contributed by atoms with Crippen molar-refractivity contribution in [3.63, 3.8) is 0 Å². The first-order valence-corrected chi connectivity index (χ1v) is 9.96. The van der Waals surface area contributed by atoms with Gasteiger partial charge in [-0.3, -0.25) is 10.1 Å². The van der Waals surface area contributed by atoms with Crippen LogP contribution in [0.5, 0.6) is 11.5 Å². The molecule has 8 heteroatoms. The zero-order chi connectivity index (χ0) is 20.5. The van der Waals surface area contributed by atoms with Crippen LogP contribution in [0.3, 0.4) is 0 Å². The number of hydrogen-bond donors (Lipinski definition) is 2. The van der Waals surface area contributed by atoms with Crippen molar-refractivity contribution in [2.75, 3.05) is 50.2 Å². The number of ether oxygens (including phenoxy) is 2. The predicted octanol–water partition coefficient (Wildman–Crippen LogP) is 2.11. The highest BCUT2D eigenvalue weighted by atomic mass is 16.7. The first-order valence-electron chi connectivity index (χ1n) is 9.96. The zero-order valence-corrected chi connectivity index (χ0v) is 16.7. The van der Waals surface area contributed by atoms with Gasteiger partial charge in [0.15, 0.2) is 11.5 Å². The monoisotopic (exact) mass is 405 g/mol. The van der Waals surface area contributed by atoms with Gasteiger partial charge in [0.1, 0.15) is 5.70 Å². The summed E-state index contributed by atoms with van der Waals surface area (Å²) in [5.74, 6) is 1.55. The molecule has 3 aliphatic rings. The van der Waals surface area contributed by atoms with Crippen LogP contribution in [0.1, 0.15) is 5.56 Å². The Hall–Kier alpha value is -3.52. The molecular formula is C22H23N5O3. The van der Waals surface area contributed by atoms with Crippen LogP contribution in [-0.2, 0) is 4.79 Å². The number of carbonyl (C=O) groups is 1. The molecule has 0 aliphatic carbocycles. The Labute approximate surface area is 174 Å². The molecule has 0 aromatic heterocycles. The molecule has 5 rings (SSSR count). The van der Waals surface area contributed by atoms with Gasteiger partial charge in [-0.15, -0.1) is 0 Å². The minimum atomic E-state index is -0.246. The van der Waals surface area contributed by atoms with Gasteiger partial charge in [0.25, 0.3) is 5.91 Å².